The third-order valence-electron chi connectivity index (χ3n) is 2.62. The molecule has 1 aliphatic heterocycles. The average molecular weight is 195 g/mol. The van der Waals surface area contributed by atoms with Crippen LogP contribution in [-0.2, 0) is 4.79 Å². The van der Waals surface area contributed by atoms with Gasteiger partial charge in [-0.2, -0.15) is 5.26 Å². The number of nitrogens with one attached hydrogen (secondary N) is 1. The summed E-state index contributed by atoms with van der Waals surface area (Å²) in [5.41, 5.74) is 0. The predicted molar refractivity (Wildman–Crippen MR) is 53.4 cm³/mol. The molecule has 1 rings (SSSR count). The molecule has 14 heavy (non-hydrogen) atoms. The molecule has 1 fully saturated rings. The standard InChI is InChI=1S/C10H17N3O/c1-3-8(6-11)10(14)12-9-4-5-13(2)7-9/h8-9H,3-5,7H2,1-2H3,(H,12,14). The van der Waals surface area contributed by atoms with E-state index in [4.69, 9.17) is 5.26 Å². The molecule has 1 aliphatic rings. The van der Waals surface area contributed by atoms with Crippen molar-refractivity contribution in [2.75, 3.05) is 20.1 Å². The highest BCUT2D eigenvalue weighted by molar-refractivity contribution is 5.81. The summed E-state index contributed by atoms with van der Waals surface area (Å²) < 4.78 is 0. The summed E-state index contributed by atoms with van der Waals surface area (Å²) >= 11 is 0. The van der Waals surface area contributed by atoms with Crippen molar-refractivity contribution in [2.24, 2.45) is 5.92 Å². The molecule has 0 spiro atoms. The second-order valence-corrected chi connectivity index (χ2v) is 3.85. The molecule has 1 saturated heterocycles. The van der Waals surface area contributed by atoms with Gasteiger partial charge in [-0.25, -0.2) is 0 Å². The third kappa shape index (κ3) is 2.71. The number of likely N-dealkylation sites (N-methyl/N-ethyl adjacent to an activating group) is 1. The van der Waals surface area contributed by atoms with Crippen LogP contribution >= 0.6 is 0 Å². The van der Waals surface area contributed by atoms with E-state index in [0.29, 0.717) is 6.42 Å². The summed E-state index contributed by atoms with van der Waals surface area (Å²) in [7, 11) is 2.04. The van der Waals surface area contributed by atoms with Crippen molar-refractivity contribution >= 4 is 5.91 Å². The zero-order valence-corrected chi connectivity index (χ0v) is 8.79. The number of carbonyl (C=O) groups is 1. The first-order chi connectivity index (χ1) is 6.67. The molecule has 0 aromatic rings. The SMILES string of the molecule is CCC(C#N)C(=O)NC1CCN(C)C1. The Morgan fingerprint density at radius 3 is 2.93 bits per heavy atom. The van der Waals surface area contributed by atoms with Crippen LogP contribution in [0.3, 0.4) is 0 Å². The smallest absolute Gasteiger partial charge is 0.237 e. The van der Waals surface area contributed by atoms with Gasteiger partial charge in [-0.3, -0.25) is 4.79 Å². The molecule has 0 saturated carbocycles. The summed E-state index contributed by atoms with van der Waals surface area (Å²) in [6.45, 7) is 3.77. The van der Waals surface area contributed by atoms with E-state index in [9.17, 15) is 4.79 Å². The minimum absolute atomic E-state index is 0.115. The average Bonchev–Trinajstić information content (AvgIpc) is 2.53. The number of rotatable bonds is 3. The first-order valence-electron chi connectivity index (χ1n) is 5.06. The molecular formula is C10H17N3O. The molecule has 0 aromatic carbocycles. The van der Waals surface area contributed by atoms with Gasteiger partial charge in [-0.15, -0.1) is 0 Å². The maximum absolute atomic E-state index is 11.5. The molecule has 1 amide bonds. The van der Waals surface area contributed by atoms with Gasteiger partial charge in [0, 0.05) is 12.6 Å². The van der Waals surface area contributed by atoms with Crippen molar-refractivity contribution in [3.8, 4) is 6.07 Å². The molecule has 0 bridgehead atoms. The second kappa shape index (κ2) is 4.97. The molecule has 0 aliphatic carbocycles. The summed E-state index contributed by atoms with van der Waals surface area (Å²) in [5, 5.41) is 11.6. The van der Waals surface area contributed by atoms with E-state index in [2.05, 4.69) is 10.2 Å². The van der Waals surface area contributed by atoms with Crippen molar-refractivity contribution in [2.45, 2.75) is 25.8 Å². The van der Waals surface area contributed by atoms with Gasteiger partial charge < -0.3 is 10.2 Å². The molecule has 1 heterocycles. The Morgan fingerprint density at radius 1 is 1.79 bits per heavy atom. The van der Waals surface area contributed by atoms with Gasteiger partial charge in [-0.1, -0.05) is 6.92 Å². The normalized spacial score (nSPS) is 24.2. The first kappa shape index (κ1) is 11.0. The summed E-state index contributed by atoms with van der Waals surface area (Å²) in [6.07, 6.45) is 1.58. The number of nitriles is 1. The van der Waals surface area contributed by atoms with Crippen LogP contribution < -0.4 is 5.32 Å². The number of nitrogens with zero attached hydrogens (tertiary/aromatic N) is 2. The maximum Gasteiger partial charge on any atom is 0.237 e. The number of hydrogen-bond donors (Lipinski definition) is 1. The van der Waals surface area contributed by atoms with E-state index in [1.807, 2.05) is 20.0 Å². The van der Waals surface area contributed by atoms with Crippen molar-refractivity contribution in [1.29, 1.82) is 5.26 Å². The number of amides is 1. The van der Waals surface area contributed by atoms with Crippen molar-refractivity contribution in [3.63, 3.8) is 0 Å². The lowest BCUT2D eigenvalue weighted by molar-refractivity contribution is -0.124. The Kier molecular flexibility index (Phi) is 3.90. The number of likely N-dealkylation sites (tertiary alicyclic amines) is 1. The molecule has 78 valence electrons. The predicted octanol–water partition coefficient (Wildman–Crippen LogP) is 0.356. The summed E-state index contributed by atoms with van der Waals surface area (Å²) in [5.74, 6) is -0.601. The van der Waals surface area contributed by atoms with E-state index < -0.39 is 5.92 Å². The van der Waals surface area contributed by atoms with E-state index >= 15 is 0 Å². The molecule has 4 heteroatoms. The maximum atomic E-state index is 11.5. The van der Waals surface area contributed by atoms with Crippen LogP contribution in [0.4, 0.5) is 0 Å². The van der Waals surface area contributed by atoms with Gasteiger partial charge in [0.25, 0.3) is 0 Å². The zero-order valence-electron chi connectivity index (χ0n) is 8.79. The van der Waals surface area contributed by atoms with Gasteiger partial charge in [0.1, 0.15) is 5.92 Å². The van der Waals surface area contributed by atoms with Crippen LogP contribution in [0.1, 0.15) is 19.8 Å². The fourth-order valence-corrected chi connectivity index (χ4v) is 1.69. The fraction of sp³-hybridized carbons (Fsp3) is 0.800. The minimum Gasteiger partial charge on any atom is -0.351 e. The van der Waals surface area contributed by atoms with Gasteiger partial charge in [-0.05, 0) is 26.4 Å². The zero-order chi connectivity index (χ0) is 10.6. The quantitative estimate of drug-likeness (QED) is 0.707. The fourth-order valence-electron chi connectivity index (χ4n) is 1.69. The van der Waals surface area contributed by atoms with Gasteiger partial charge >= 0.3 is 0 Å². The Morgan fingerprint density at radius 2 is 2.50 bits per heavy atom. The van der Waals surface area contributed by atoms with E-state index in [0.717, 1.165) is 19.5 Å². The van der Waals surface area contributed by atoms with Crippen molar-refractivity contribution in [1.82, 2.24) is 10.2 Å². The van der Waals surface area contributed by atoms with Gasteiger partial charge in [0.2, 0.25) is 5.91 Å². The van der Waals surface area contributed by atoms with E-state index in [1.54, 1.807) is 0 Å². The van der Waals surface area contributed by atoms with Crippen LogP contribution in [-0.4, -0.2) is 37.0 Å². The van der Waals surface area contributed by atoms with Crippen LogP contribution in [0, 0.1) is 17.2 Å². The summed E-state index contributed by atoms with van der Waals surface area (Å²) in [6, 6.07) is 2.24. The Hall–Kier alpha value is -1.08. The largest absolute Gasteiger partial charge is 0.351 e. The molecule has 1 N–H and O–H groups in total. The van der Waals surface area contributed by atoms with Crippen LogP contribution in [0.15, 0.2) is 0 Å². The van der Waals surface area contributed by atoms with Crippen LogP contribution in [0.5, 0.6) is 0 Å². The lowest BCUT2D eigenvalue weighted by atomic mass is 10.1. The Balaban J connectivity index is 2.37. The summed E-state index contributed by atoms with van der Waals surface area (Å²) in [4.78, 5) is 13.7. The van der Waals surface area contributed by atoms with Crippen molar-refractivity contribution < 1.29 is 4.79 Å². The molecule has 2 unspecified atom stereocenters. The van der Waals surface area contributed by atoms with Crippen LogP contribution in [0.25, 0.3) is 0 Å². The molecule has 2 atom stereocenters. The third-order valence-corrected chi connectivity index (χ3v) is 2.62. The molecular weight excluding hydrogens is 178 g/mol. The second-order valence-electron chi connectivity index (χ2n) is 3.85. The highest BCUT2D eigenvalue weighted by Gasteiger charge is 2.24. The van der Waals surface area contributed by atoms with Crippen molar-refractivity contribution in [3.05, 3.63) is 0 Å². The topological polar surface area (TPSA) is 56.1 Å². The number of carbonyl (C=O) groups excluding carboxylic acids is 1. The number of hydrogen-bond acceptors (Lipinski definition) is 3. The molecule has 4 nitrogen and oxygen atoms in total. The highest BCUT2D eigenvalue weighted by atomic mass is 16.1. The van der Waals surface area contributed by atoms with E-state index in [1.165, 1.54) is 0 Å². The molecule has 0 aromatic heterocycles. The van der Waals surface area contributed by atoms with Gasteiger partial charge in [0.05, 0.1) is 6.07 Å². The highest BCUT2D eigenvalue weighted by Crippen LogP contribution is 2.08. The Bertz CT molecular complexity index is 246. The Labute approximate surface area is 84.9 Å². The first-order valence-corrected chi connectivity index (χ1v) is 5.06. The van der Waals surface area contributed by atoms with Gasteiger partial charge in [0.15, 0.2) is 0 Å². The lowest BCUT2D eigenvalue weighted by Crippen LogP contribution is -2.39. The molecule has 0 radical (unpaired) electrons. The van der Waals surface area contributed by atoms with Crippen LogP contribution in [0.2, 0.25) is 0 Å². The monoisotopic (exact) mass is 195 g/mol. The lowest BCUT2D eigenvalue weighted by Gasteiger charge is -2.14. The minimum atomic E-state index is -0.485. The van der Waals surface area contributed by atoms with E-state index in [-0.39, 0.29) is 11.9 Å².